The second-order valence-electron chi connectivity index (χ2n) is 36.3. The average Bonchev–Trinajstić information content (AvgIpc) is 1.55. The summed E-state index contributed by atoms with van der Waals surface area (Å²) in [4.78, 5) is 31.8. The summed E-state index contributed by atoms with van der Waals surface area (Å²) in [5, 5.41) is 17.2. The standard InChI is InChI=1S/C125H71F12N11/c126-122(127,128)84-52-54-89(104(68-84)124(132,133)134)81-50-60-110-99(66-81)100-67-82(90-55-53-85(123(129,130)131)69-105(90)125(135,136)137)51-61-111(100)147(110)112-58-48-80(64-102(112)120-141-116(73-26-7-1-8-27-73)139-117(142-120)74-28-9-2-10-29-74)78-47-57-109-98(63-78)94-43-25-42-93(115(94)146(109)87-37-17-6-18-38-87)95-70-101-92-41-22-24-45-107(92)148(114(101)71-96(95)88-39-20-19-34-83(88)72-138)113-59-49-79(77-46-56-108-97(62-77)91-40-21-23-44-106(91)145(108)86-35-15-5-16-36-86)65-103(113)121-143-118(75-30-11-3-12-31-75)140-119(144-121)76-32-13-4-14-33-76/h1-71H. The van der Waals surface area contributed by atoms with Crippen molar-refractivity contribution in [2.75, 3.05) is 0 Å². The molecule has 0 saturated carbocycles. The van der Waals surface area contributed by atoms with E-state index in [2.05, 4.69) is 141 Å². The number of nitriles is 1. The van der Waals surface area contributed by atoms with E-state index in [1.165, 1.54) is 36.4 Å². The van der Waals surface area contributed by atoms with E-state index in [0.29, 0.717) is 91.9 Å². The highest BCUT2D eigenvalue weighted by molar-refractivity contribution is 6.20. The molecule has 0 radical (unpaired) electrons. The Morgan fingerprint density at radius 3 is 0.953 bits per heavy atom. The smallest absolute Gasteiger partial charge is 0.309 e. The summed E-state index contributed by atoms with van der Waals surface area (Å²) in [6.45, 7) is 0. The Bertz CT molecular complexity index is 9480. The molecule has 25 rings (SSSR count). The number of alkyl halides is 12. The minimum atomic E-state index is -5.35. The van der Waals surface area contributed by atoms with Crippen LogP contribution in [0.4, 0.5) is 52.7 Å². The molecular weight excluding hydrogens is 1880 g/mol. The third-order valence-corrected chi connectivity index (χ3v) is 27.6. The van der Waals surface area contributed by atoms with E-state index in [0.717, 1.165) is 121 Å². The quantitative estimate of drug-likeness (QED) is 0.0883. The number of nitrogens with zero attached hydrogens (tertiary/aromatic N) is 11. The first-order chi connectivity index (χ1) is 71.9. The Morgan fingerprint density at radius 2 is 0.507 bits per heavy atom. The molecule has 23 heteroatoms. The van der Waals surface area contributed by atoms with Crippen molar-refractivity contribution in [3.05, 3.63) is 459 Å². The molecule has 148 heavy (non-hydrogen) atoms. The van der Waals surface area contributed by atoms with Gasteiger partial charge in [0, 0.05) is 99.0 Å². The van der Waals surface area contributed by atoms with Gasteiger partial charge in [0.1, 0.15) is 0 Å². The van der Waals surface area contributed by atoms with E-state index >= 15 is 26.3 Å². The summed E-state index contributed by atoms with van der Waals surface area (Å²) in [5.41, 5.74) is 10.8. The molecule has 0 saturated heterocycles. The molecule has 0 fully saturated rings. The molecule has 710 valence electrons. The highest BCUT2D eigenvalue weighted by atomic mass is 19.4. The van der Waals surface area contributed by atoms with Gasteiger partial charge < -0.3 is 18.3 Å². The second kappa shape index (κ2) is 35.3. The van der Waals surface area contributed by atoms with Crippen LogP contribution in [0.1, 0.15) is 27.8 Å². The number of halogens is 12. The van der Waals surface area contributed by atoms with E-state index in [-0.39, 0.29) is 62.5 Å². The van der Waals surface area contributed by atoms with Crippen molar-refractivity contribution in [1.29, 1.82) is 5.26 Å². The molecule has 0 spiro atoms. The maximum absolute atomic E-state index is 15.4. The van der Waals surface area contributed by atoms with Crippen LogP contribution in [0.5, 0.6) is 0 Å². The fourth-order valence-corrected chi connectivity index (χ4v) is 20.9. The van der Waals surface area contributed by atoms with Gasteiger partial charge in [-0.25, -0.2) is 29.9 Å². The minimum absolute atomic E-state index is 0.0141. The molecule has 0 atom stereocenters. The Balaban J connectivity index is 0.711. The van der Waals surface area contributed by atoms with Gasteiger partial charge in [-0.2, -0.15) is 57.9 Å². The lowest BCUT2D eigenvalue weighted by Gasteiger charge is -2.18. The lowest BCUT2D eigenvalue weighted by molar-refractivity contribution is -0.144. The minimum Gasteiger partial charge on any atom is -0.309 e. The molecular formula is C125H71F12N11. The molecule has 19 aromatic carbocycles. The van der Waals surface area contributed by atoms with Crippen LogP contribution in [0.15, 0.2) is 431 Å². The van der Waals surface area contributed by atoms with Crippen molar-refractivity contribution < 1.29 is 52.7 Å². The van der Waals surface area contributed by atoms with Gasteiger partial charge in [0.15, 0.2) is 34.9 Å². The number of hydrogen-bond acceptors (Lipinski definition) is 7. The molecule has 0 aliphatic rings. The number of hydrogen-bond donors (Lipinski definition) is 0. The lowest BCUT2D eigenvalue weighted by Crippen LogP contribution is -2.12. The summed E-state index contributed by atoms with van der Waals surface area (Å²) < 4.78 is 187. The van der Waals surface area contributed by atoms with E-state index in [9.17, 15) is 31.6 Å². The van der Waals surface area contributed by atoms with Crippen LogP contribution in [0, 0.1) is 11.3 Å². The van der Waals surface area contributed by atoms with Crippen LogP contribution in [0.2, 0.25) is 0 Å². The van der Waals surface area contributed by atoms with Crippen molar-refractivity contribution in [2.24, 2.45) is 0 Å². The number of fused-ring (bicyclic) bond motifs is 12. The molecule has 0 bridgehead atoms. The number of para-hydroxylation sites is 5. The van der Waals surface area contributed by atoms with Crippen molar-refractivity contribution in [1.82, 2.24) is 48.2 Å². The maximum atomic E-state index is 15.4. The maximum Gasteiger partial charge on any atom is 0.417 e. The zero-order valence-corrected chi connectivity index (χ0v) is 77.4. The first-order valence-electron chi connectivity index (χ1n) is 47.4. The van der Waals surface area contributed by atoms with E-state index in [4.69, 9.17) is 29.9 Å². The van der Waals surface area contributed by atoms with Crippen LogP contribution in [-0.4, -0.2) is 48.2 Å². The molecule has 0 aliphatic heterocycles. The summed E-state index contributed by atoms with van der Waals surface area (Å²) in [5.74, 6) is 1.92. The molecule has 0 aliphatic carbocycles. The Hall–Kier alpha value is -19.0. The van der Waals surface area contributed by atoms with Crippen LogP contribution < -0.4 is 0 Å². The number of aromatic nitrogens is 10. The molecule has 0 N–H and O–H groups in total. The van der Waals surface area contributed by atoms with Gasteiger partial charge in [-0.05, 0) is 207 Å². The van der Waals surface area contributed by atoms with Gasteiger partial charge in [0.2, 0.25) is 0 Å². The van der Waals surface area contributed by atoms with Crippen LogP contribution >= 0.6 is 0 Å². The van der Waals surface area contributed by atoms with Gasteiger partial charge in [-0.1, -0.05) is 279 Å². The Kier molecular flexibility index (Phi) is 21.5. The first-order valence-corrected chi connectivity index (χ1v) is 47.4. The third kappa shape index (κ3) is 15.7. The van der Waals surface area contributed by atoms with E-state index < -0.39 is 58.1 Å². The van der Waals surface area contributed by atoms with Crippen LogP contribution in [-0.2, 0) is 24.7 Å². The monoisotopic (exact) mass is 1950 g/mol. The fourth-order valence-electron chi connectivity index (χ4n) is 20.9. The zero-order chi connectivity index (χ0) is 101. The summed E-state index contributed by atoms with van der Waals surface area (Å²) in [7, 11) is 0. The highest BCUT2D eigenvalue weighted by Gasteiger charge is 2.42. The SMILES string of the molecule is N#Cc1ccccc1-c1cc2c(cc1-c1cccc3c4cc(-c5ccc(-n6c7ccc(-c8ccc(C(F)(F)F)cc8C(F)(F)F)cc7c7cc(-c8ccc(C(F)(F)F)cc8C(F)(F)F)ccc76)c(-c6nc(-c7ccccc7)nc(-c7ccccc7)n6)c5)ccc4n(-c4ccccc4)c13)c1ccccc1n2-c1ccc(-c2ccc3c(c2)c2ccccc2n3-c2ccccc2)cc1-c1nc(-c2ccccc2)nc(-c2ccccc2)n1. The molecule has 11 nitrogen and oxygen atoms in total. The average molecular weight is 1950 g/mol. The summed E-state index contributed by atoms with van der Waals surface area (Å²) in [6.07, 6.45) is -21.1. The van der Waals surface area contributed by atoms with Crippen LogP contribution in [0.3, 0.4) is 0 Å². The van der Waals surface area contributed by atoms with Crippen molar-refractivity contribution in [3.63, 3.8) is 0 Å². The van der Waals surface area contributed by atoms with E-state index in [1.54, 1.807) is 10.6 Å². The topological polar surface area (TPSA) is 121 Å². The van der Waals surface area contributed by atoms with Gasteiger partial charge in [0.25, 0.3) is 0 Å². The lowest BCUT2D eigenvalue weighted by atomic mass is 9.89. The van der Waals surface area contributed by atoms with Crippen LogP contribution in [0.25, 0.3) is 245 Å². The Morgan fingerprint density at radius 1 is 0.189 bits per heavy atom. The van der Waals surface area contributed by atoms with Gasteiger partial charge in [0.05, 0.1) is 89.4 Å². The van der Waals surface area contributed by atoms with E-state index in [1.807, 2.05) is 231 Å². The molecule has 0 unspecified atom stereocenters. The molecule has 0 amide bonds. The molecule has 25 aromatic rings. The van der Waals surface area contributed by atoms with Crippen molar-refractivity contribution >= 4 is 87.2 Å². The number of rotatable bonds is 16. The Labute approximate surface area is 835 Å². The predicted octanol–water partition coefficient (Wildman–Crippen LogP) is 34.4. The fraction of sp³-hybridized carbons (Fsp3) is 0.0320. The summed E-state index contributed by atoms with van der Waals surface area (Å²) >= 11 is 0. The van der Waals surface area contributed by atoms with Crippen molar-refractivity contribution in [3.8, 4) is 164 Å². The third-order valence-electron chi connectivity index (χ3n) is 27.6. The summed E-state index contributed by atoms with van der Waals surface area (Å²) in [6, 6.07) is 131. The second-order valence-corrected chi connectivity index (χ2v) is 36.3. The van der Waals surface area contributed by atoms with Gasteiger partial charge >= 0.3 is 24.7 Å². The van der Waals surface area contributed by atoms with Gasteiger partial charge in [-0.3, -0.25) is 0 Å². The largest absolute Gasteiger partial charge is 0.417 e. The molecule has 6 aromatic heterocycles. The predicted molar refractivity (Wildman–Crippen MR) is 561 cm³/mol. The first kappa shape index (κ1) is 90.3. The van der Waals surface area contributed by atoms with Gasteiger partial charge in [-0.15, -0.1) is 0 Å². The highest BCUT2D eigenvalue weighted by Crippen LogP contribution is 2.53. The number of benzene rings is 19. The molecule has 6 heterocycles. The van der Waals surface area contributed by atoms with Crippen molar-refractivity contribution in [2.45, 2.75) is 24.7 Å². The zero-order valence-electron chi connectivity index (χ0n) is 77.4. The normalized spacial score (nSPS) is 12.2.